The first-order chi connectivity index (χ1) is 8.07. The second-order valence-corrected chi connectivity index (χ2v) is 5.20. The van der Waals surface area contributed by atoms with Gasteiger partial charge in [0, 0.05) is 11.8 Å². The van der Waals surface area contributed by atoms with Gasteiger partial charge < -0.3 is 5.73 Å². The van der Waals surface area contributed by atoms with E-state index >= 15 is 0 Å². The average Bonchev–Trinajstić information content (AvgIpc) is 2.26. The van der Waals surface area contributed by atoms with Crippen molar-refractivity contribution < 1.29 is 8.42 Å². The number of hydrogen-bond acceptors (Lipinski definition) is 4. The second kappa shape index (κ2) is 6.23. The molecule has 0 unspecified atom stereocenters. The maximum atomic E-state index is 11.5. The summed E-state index contributed by atoms with van der Waals surface area (Å²) in [7, 11) is -3.31. The van der Waals surface area contributed by atoms with E-state index < -0.39 is 10.0 Å². The van der Waals surface area contributed by atoms with E-state index in [1.165, 1.54) is 6.20 Å². The van der Waals surface area contributed by atoms with Crippen molar-refractivity contribution in [2.24, 2.45) is 5.73 Å². The van der Waals surface area contributed by atoms with E-state index in [1.807, 2.05) is 0 Å². The molecule has 0 atom stereocenters. The molecular weight excluding hydrogens is 238 g/mol. The first kappa shape index (κ1) is 13.5. The molecular formula is C11H15N3O2S. The molecule has 0 aliphatic carbocycles. The van der Waals surface area contributed by atoms with Crippen LogP contribution in [0.1, 0.15) is 18.9 Å². The minimum atomic E-state index is -3.31. The van der Waals surface area contributed by atoms with Gasteiger partial charge in [-0.05, 0) is 18.6 Å². The number of nitrogens with two attached hydrogens (primary N) is 1. The van der Waals surface area contributed by atoms with E-state index in [9.17, 15) is 8.42 Å². The summed E-state index contributed by atoms with van der Waals surface area (Å²) in [6.45, 7) is 2.06. The van der Waals surface area contributed by atoms with E-state index in [0.717, 1.165) is 0 Å². The van der Waals surface area contributed by atoms with Gasteiger partial charge in [-0.25, -0.2) is 13.4 Å². The molecule has 3 N–H and O–H groups in total. The van der Waals surface area contributed by atoms with Crippen LogP contribution in [-0.4, -0.2) is 25.7 Å². The third-order valence-electron chi connectivity index (χ3n) is 1.83. The molecule has 1 heterocycles. The highest BCUT2D eigenvalue weighted by molar-refractivity contribution is 7.92. The predicted molar refractivity (Wildman–Crippen MR) is 67.9 cm³/mol. The molecule has 1 aromatic rings. The van der Waals surface area contributed by atoms with Crippen molar-refractivity contribution >= 4 is 15.8 Å². The molecule has 0 amide bonds. The van der Waals surface area contributed by atoms with E-state index in [1.54, 1.807) is 19.1 Å². The lowest BCUT2D eigenvalue weighted by molar-refractivity contribution is 0.599. The molecule has 0 aliphatic heterocycles. The fourth-order valence-corrected chi connectivity index (χ4v) is 2.27. The third-order valence-corrected chi connectivity index (χ3v) is 3.29. The van der Waals surface area contributed by atoms with Crippen molar-refractivity contribution in [1.29, 1.82) is 0 Å². The van der Waals surface area contributed by atoms with Crippen molar-refractivity contribution in [2.75, 3.05) is 17.0 Å². The van der Waals surface area contributed by atoms with Crippen molar-refractivity contribution in [3.8, 4) is 11.8 Å². The number of anilines is 1. The van der Waals surface area contributed by atoms with Crippen LogP contribution in [0.3, 0.4) is 0 Å². The highest BCUT2D eigenvalue weighted by atomic mass is 32.2. The highest BCUT2D eigenvalue weighted by Gasteiger charge is 2.09. The molecule has 1 aromatic heterocycles. The molecule has 92 valence electrons. The summed E-state index contributed by atoms with van der Waals surface area (Å²) in [5.74, 6) is 5.86. The smallest absolute Gasteiger partial charge is 0.233 e. The zero-order valence-corrected chi connectivity index (χ0v) is 10.4. The maximum absolute atomic E-state index is 11.5. The fraction of sp³-hybridized carbons (Fsp3) is 0.364. The minimum absolute atomic E-state index is 0.0768. The molecule has 0 radical (unpaired) electrons. The summed E-state index contributed by atoms with van der Waals surface area (Å²) in [5, 5.41) is 0. The van der Waals surface area contributed by atoms with Crippen LogP contribution >= 0.6 is 0 Å². The summed E-state index contributed by atoms with van der Waals surface area (Å²) < 4.78 is 25.4. The Hall–Kier alpha value is -1.58. The Labute approximate surface area is 101 Å². The van der Waals surface area contributed by atoms with Crippen molar-refractivity contribution in [3.63, 3.8) is 0 Å². The van der Waals surface area contributed by atoms with Gasteiger partial charge in [-0.2, -0.15) is 0 Å². The van der Waals surface area contributed by atoms with E-state index in [0.29, 0.717) is 12.0 Å². The summed E-state index contributed by atoms with van der Waals surface area (Å²) in [6.07, 6.45) is 2.06. The van der Waals surface area contributed by atoms with Crippen LogP contribution in [0.5, 0.6) is 0 Å². The topological polar surface area (TPSA) is 85.1 Å². The van der Waals surface area contributed by atoms with Crippen molar-refractivity contribution in [1.82, 2.24) is 4.98 Å². The molecule has 0 fully saturated rings. The lowest BCUT2D eigenvalue weighted by atomic mass is 10.2. The van der Waals surface area contributed by atoms with Gasteiger partial charge >= 0.3 is 0 Å². The van der Waals surface area contributed by atoms with Crippen LogP contribution in [0.2, 0.25) is 0 Å². The molecule has 0 saturated heterocycles. The Balaban J connectivity index is 2.86. The molecule has 0 bridgehead atoms. The minimum Gasteiger partial charge on any atom is -0.320 e. The largest absolute Gasteiger partial charge is 0.320 e. The number of hydrogen-bond donors (Lipinski definition) is 2. The zero-order chi connectivity index (χ0) is 12.7. The molecule has 1 rings (SSSR count). The van der Waals surface area contributed by atoms with Gasteiger partial charge in [0.25, 0.3) is 0 Å². The Kier molecular flexibility index (Phi) is 4.94. The Morgan fingerprint density at radius 2 is 2.29 bits per heavy atom. The molecule has 0 aliphatic rings. The van der Waals surface area contributed by atoms with Crippen molar-refractivity contribution in [3.05, 3.63) is 23.9 Å². The number of aromatic nitrogens is 1. The Morgan fingerprint density at radius 3 is 2.94 bits per heavy atom. The maximum Gasteiger partial charge on any atom is 0.233 e. The molecule has 17 heavy (non-hydrogen) atoms. The van der Waals surface area contributed by atoms with E-state index in [4.69, 9.17) is 5.73 Å². The lowest BCUT2D eigenvalue weighted by Gasteiger charge is -2.05. The second-order valence-electron chi connectivity index (χ2n) is 3.36. The first-order valence-electron chi connectivity index (χ1n) is 5.23. The van der Waals surface area contributed by atoms with Crippen molar-refractivity contribution in [2.45, 2.75) is 13.3 Å². The predicted octanol–water partition coefficient (Wildman–Crippen LogP) is 0.544. The number of sulfonamides is 1. The number of nitrogens with zero attached hydrogens (tertiary/aromatic N) is 1. The van der Waals surface area contributed by atoms with Crippen LogP contribution in [0.4, 0.5) is 5.82 Å². The molecule has 6 heteroatoms. The van der Waals surface area contributed by atoms with Gasteiger partial charge in [0.15, 0.2) is 0 Å². The Bertz CT molecular complexity index is 529. The van der Waals surface area contributed by atoms with Gasteiger partial charge in [-0.15, -0.1) is 0 Å². The summed E-state index contributed by atoms with van der Waals surface area (Å²) in [4.78, 5) is 3.93. The first-order valence-corrected chi connectivity index (χ1v) is 6.88. The van der Waals surface area contributed by atoms with Crippen LogP contribution in [-0.2, 0) is 10.0 Å². The summed E-state index contributed by atoms with van der Waals surface area (Å²) in [6, 6.07) is 3.27. The van der Waals surface area contributed by atoms with Crippen LogP contribution < -0.4 is 10.5 Å². The third kappa shape index (κ3) is 4.85. The normalized spacial score (nSPS) is 10.5. The molecule has 0 aromatic carbocycles. The number of rotatable bonds is 4. The quantitative estimate of drug-likeness (QED) is 0.767. The lowest BCUT2D eigenvalue weighted by Crippen LogP contribution is -2.16. The van der Waals surface area contributed by atoms with Gasteiger partial charge in [0.05, 0.1) is 12.3 Å². The molecule has 5 nitrogen and oxygen atoms in total. The van der Waals surface area contributed by atoms with Gasteiger partial charge in [0.1, 0.15) is 5.82 Å². The standard InChI is InChI=1S/C11H15N3O2S/c1-2-8-17(15,16)14-11-9-10(4-3-6-12)5-7-13-11/h5,7,9H,2,6,8,12H2,1H3,(H,13,14). The highest BCUT2D eigenvalue weighted by Crippen LogP contribution is 2.08. The monoisotopic (exact) mass is 253 g/mol. The van der Waals surface area contributed by atoms with Gasteiger partial charge in [-0.1, -0.05) is 18.8 Å². The summed E-state index contributed by atoms with van der Waals surface area (Å²) >= 11 is 0. The number of pyridine rings is 1. The SMILES string of the molecule is CCCS(=O)(=O)Nc1cc(C#CCN)ccn1. The van der Waals surface area contributed by atoms with E-state index in [2.05, 4.69) is 21.5 Å². The van der Waals surface area contributed by atoms with E-state index in [-0.39, 0.29) is 18.1 Å². The van der Waals surface area contributed by atoms with Crippen LogP contribution in [0, 0.1) is 11.8 Å². The number of nitrogens with one attached hydrogen (secondary N) is 1. The average molecular weight is 253 g/mol. The Morgan fingerprint density at radius 1 is 1.53 bits per heavy atom. The zero-order valence-electron chi connectivity index (χ0n) is 9.60. The fourth-order valence-electron chi connectivity index (χ4n) is 1.20. The van der Waals surface area contributed by atoms with Crippen LogP contribution in [0.15, 0.2) is 18.3 Å². The molecule has 0 spiro atoms. The van der Waals surface area contributed by atoms with Crippen LogP contribution in [0.25, 0.3) is 0 Å². The van der Waals surface area contributed by atoms with Gasteiger partial charge in [-0.3, -0.25) is 4.72 Å². The van der Waals surface area contributed by atoms with Gasteiger partial charge in [0.2, 0.25) is 10.0 Å². The summed E-state index contributed by atoms with van der Waals surface area (Å²) in [5.41, 5.74) is 5.94. The molecule has 0 saturated carbocycles.